The lowest BCUT2D eigenvalue weighted by molar-refractivity contribution is 0.643. The second-order valence-electron chi connectivity index (χ2n) is 6.74. The molecule has 1 aromatic heterocycles. The van der Waals surface area contributed by atoms with Gasteiger partial charge in [-0.2, -0.15) is 0 Å². The van der Waals surface area contributed by atoms with Crippen LogP contribution in [0.1, 0.15) is 24.9 Å². The average Bonchev–Trinajstić information content (AvgIpc) is 2.96. The number of aryl methyl sites for hydroxylation is 1. The first-order valence-electron chi connectivity index (χ1n) is 8.92. The summed E-state index contributed by atoms with van der Waals surface area (Å²) in [6.45, 7) is 4.38. The molecule has 4 rings (SSSR count). The summed E-state index contributed by atoms with van der Waals surface area (Å²) in [7, 11) is 0. The van der Waals surface area contributed by atoms with E-state index in [4.69, 9.17) is 0 Å². The molecule has 0 saturated carbocycles. The van der Waals surface area contributed by atoms with Crippen LogP contribution >= 0.6 is 0 Å². The van der Waals surface area contributed by atoms with Crippen molar-refractivity contribution in [3.8, 4) is 0 Å². The summed E-state index contributed by atoms with van der Waals surface area (Å²) >= 11 is 0. The number of para-hydroxylation sites is 1. The molecule has 0 saturated heterocycles. The number of hydrogen-bond donors (Lipinski definition) is 0. The molecule has 0 radical (unpaired) electrons. The second-order valence-corrected chi connectivity index (χ2v) is 6.74. The molecule has 1 nitrogen and oxygen atoms in total. The minimum Gasteiger partial charge on any atom is -0.333 e. The maximum Gasteiger partial charge on any atom is 0.0560 e. The van der Waals surface area contributed by atoms with Crippen molar-refractivity contribution < 1.29 is 0 Å². The first-order valence-corrected chi connectivity index (χ1v) is 8.92. The van der Waals surface area contributed by atoms with Crippen LogP contribution in [0.3, 0.4) is 0 Å². The fraction of sp³-hybridized carbons (Fsp3) is 0.167. The Morgan fingerprint density at radius 3 is 2.28 bits per heavy atom. The summed E-state index contributed by atoms with van der Waals surface area (Å²) in [5.41, 5.74) is 5.27. The molecule has 1 aliphatic rings. The summed E-state index contributed by atoms with van der Waals surface area (Å²) in [6.07, 6.45) is 7.96. The number of rotatable bonds is 1. The van der Waals surface area contributed by atoms with E-state index in [1.54, 1.807) is 0 Å². The van der Waals surface area contributed by atoms with Crippen molar-refractivity contribution in [2.24, 2.45) is 0 Å². The van der Waals surface area contributed by atoms with Crippen LogP contribution in [0.15, 0.2) is 90.5 Å². The average molecular weight is 325 g/mol. The zero-order valence-electron chi connectivity index (χ0n) is 14.8. The standard InChI is InChI=1S/C24H23N/c1-18-14-16-20(17-15-18)25-23-13-9-8-11-21(23)22-12-7-5-3-4-6-10-19(2)24(22)25/h3-16,20H,17H2,1-2H3. The molecule has 1 heteroatoms. The van der Waals surface area contributed by atoms with Gasteiger partial charge >= 0.3 is 0 Å². The van der Waals surface area contributed by atoms with Crippen molar-refractivity contribution in [2.75, 3.05) is 0 Å². The van der Waals surface area contributed by atoms with E-state index in [2.05, 4.69) is 103 Å². The highest BCUT2D eigenvalue weighted by Gasteiger charge is 2.17. The lowest BCUT2D eigenvalue weighted by Crippen LogP contribution is -2.08. The Bertz CT molecular complexity index is 1050. The van der Waals surface area contributed by atoms with E-state index in [9.17, 15) is 0 Å². The molecular formula is C24H23N. The van der Waals surface area contributed by atoms with Crippen molar-refractivity contribution in [2.45, 2.75) is 26.3 Å². The Hall–Kier alpha value is -2.80. The first kappa shape index (κ1) is 15.7. The van der Waals surface area contributed by atoms with E-state index in [0.717, 1.165) is 6.42 Å². The van der Waals surface area contributed by atoms with Crippen molar-refractivity contribution >= 4 is 21.8 Å². The Kier molecular flexibility index (Phi) is 4.15. The number of aromatic nitrogens is 1. The lowest BCUT2D eigenvalue weighted by Gasteiger charge is -2.20. The predicted octanol–water partition coefficient (Wildman–Crippen LogP) is 6.67. The molecule has 0 spiro atoms. The summed E-state index contributed by atoms with van der Waals surface area (Å²) < 4.78 is 2.51. The van der Waals surface area contributed by atoms with Gasteiger partial charge in [0.25, 0.3) is 0 Å². The van der Waals surface area contributed by atoms with Crippen LogP contribution in [-0.2, 0) is 0 Å². The summed E-state index contributed by atoms with van der Waals surface area (Å²) in [5, 5.41) is 2.63. The molecule has 0 N–H and O–H groups in total. The van der Waals surface area contributed by atoms with Gasteiger partial charge in [0.1, 0.15) is 0 Å². The third kappa shape index (κ3) is 2.87. The van der Waals surface area contributed by atoms with Crippen LogP contribution in [0.25, 0.3) is 21.8 Å². The molecular weight excluding hydrogens is 302 g/mol. The van der Waals surface area contributed by atoms with E-state index in [0.29, 0.717) is 6.04 Å². The van der Waals surface area contributed by atoms with Crippen LogP contribution in [0.5, 0.6) is 0 Å². The largest absolute Gasteiger partial charge is 0.333 e. The van der Waals surface area contributed by atoms with Gasteiger partial charge in [0.15, 0.2) is 0 Å². The van der Waals surface area contributed by atoms with Gasteiger partial charge in [0.2, 0.25) is 0 Å². The molecule has 1 unspecified atom stereocenters. The molecule has 1 atom stereocenters. The van der Waals surface area contributed by atoms with Gasteiger partial charge in [-0.15, -0.1) is 0 Å². The van der Waals surface area contributed by atoms with Crippen LogP contribution < -0.4 is 0 Å². The van der Waals surface area contributed by atoms with Gasteiger partial charge in [0, 0.05) is 16.3 Å². The minimum absolute atomic E-state index is 0.358. The summed E-state index contributed by atoms with van der Waals surface area (Å²) in [6, 6.07) is 24.1. The zero-order chi connectivity index (χ0) is 17.2. The molecule has 0 bridgehead atoms. The predicted molar refractivity (Wildman–Crippen MR) is 108 cm³/mol. The fourth-order valence-corrected chi connectivity index (χ4v) is 3.74. The highest BCUT2D eigenvalue weighted by molar-refractivity contribution is 6.08. The van der Waals surface area contributed by atoms with Gasteiger partial charge in [-0.05, 0) is 31.9 Å². The Morgan fingerprint density at radius 1 is 0.800 bits per heavy atom. The quantitative estimate of drug-likeness (QED) is 0.470. The van der Waals surface area contributed by atoms with E-state index < -0.39 is 0 Å². The van der Waals surface area contributed by atoms with Gasteiger partial charge in [0.05, 0.1) is 11.6 Å². The van der Waals surface area contributed by atoms with E-state index in [-0.39, 0.29) is 0 Å². The molecule has 124 valence electrons. The van der Waals surface area contributed by atoms with Crippen molar-refractivity contribution in [1.29, 1.82) is 0 Å². The Labute approximate surface area is 149 Å². The van der Waals surface area contributed by atoms with Crippen LogP contribution in [0.2, 0.25) is 0 Å². The maximum absolute atomic E-state index is 2.51. The fourth-order valence-electron chi connectivity index (χ4n) is 3.74. The number of hydrogen-bond acceptors (Lipinski definition) is 0. The molecule has 0 aliphatic heterocycles. The van der Waals surface area contributed by atoms with E-state index in [1.807, 2.05) is 0 Å². The van der Waals surface area contributed by atoms with Gasteiger partial charge < -0.3 is 4.57 Å². The van der Waals surface area contributed by atoms with E-state index in [1.165, 1.54) is 32.9 Å². The highest BCUT2D eigenvalue weighted by Crippen LogP contribution is 2.35. The van der Waals surface area contributed by atoms with Crippen LogP contribution in [0.4, 0.5) is 0 Å². The van der Waals surface area contributed by atoms with Crippen molar-refractivity contribution in [3.05, 3.63) is 96.1 Å². The summed E-state index contributed by atoms with van der Waals surface area (Å²) in [5.74, 6) is 0. The minimum atomic E-state index is 0.358. The van der Waals surface area contributed by atoms with Gasteiger partial charge in [-0.3, -0.25) is 0 Å². The van der Waals surface area contributed by atoms with Crippen LogP contribution in [0, 0.1) is 6.92 Å². The Balaban J connectivity index is 2.14. The smallest absolute Gasteiger partial charge is 0.0560 e. The van der Waals surface area contributed by atoms with Crippen LogP contribution in [-0.4, -0.2) is 4.57 Å². The molecule has 2 aromatic carbocycles. The molecule has 1 aliphatic carbocycles. The monoisotopic (exact) mass is 325 g/mol. The number of fused-ring (bicyclic) bond motifs is 3. The Morgan fingerprint density at radius 2 is 1.48 bits per heavy atom. The highest BCUT2D eigenvalue weighted by atomic mass is 15.0. The topological polar surface area (TPSA) is 4.93 Å². The molecule has 3 aromatic rings. The number of nitrogens with zero attached hydrogens (tertiary/aromatic N) is 1. The molecule has 0 fully saturated rings. The van der Waals surface area contributed by atoms with Crippen molar-refractivity contribution in [3.63, 3.8) is 0 Å². The first-order chi connectivity index (χ1) is 12.3. The summed E-state index contributed by atoms with van der Waals surface area (Å²) in [4.78, 5) is 0. The van der Waals surface area contributed by atoms with Crippen molar-refractivity contribution in [1.82, 2.24) is 4.57 Å². The lowest BCUT2D eigenvalue weighted by atomic mass is 10.0. The number of benzene rings is 1. The normalized spacial score (nSPS) is 16.7. The third-order valence-electron chi connectivity index (χ3n) is 4.97. The molecule has 1 heterocycles. The molecule has 25 heavy (non-hydrogen) atoms. The van der Waals surface area contributed by atoms with Gasteiger partial charge in [-0.25, -0.2) is 0 Å². The SMILES string of the molecule is CC1=CCC(n2c3ccccc3c3cccccccc(C)c32)C=C1. The number of allylic oxidation sites excluding steroid dienone is 4. The maximum atomic E-state index is 2.51. The molecule has 0 amide bonds. The third-order valence-corrected chi connectivity index (χ3v) is 4.97. The van der Waals surface area contributed by atoms with E-state index >= 15 is 0 Å². The zero-order valence-corrected chi connectivity index (χ0v) is 14.8. The van der Waals surface area contributed by atoms with Gasteiger partial charge in [-0.1, -0.05) is 84.5 Å². The second kappa shape index (κ2) is 6.60.